The standard InChI is InChI=1S/C10H20OSi.6C4H9.2Sn/c1-7-8-9-11-12(5,6)10(2,3)4;6*1-3-4-2;;/h7H,8-9H2,2-6H3;6*1,3-4H2,2H3;;. The number of hydrogen-bond donors (Lipinski definition) is 0. The summed E-state index contributed by atoms with van der Waals surface area (Å²) in [6.07, 6.45) is 21.5. The Kier molecular flexibility index (Phi) is 22.1. The molecule has 0 saturated heterocycles. The van der Waals surface area contributed by atoms with Crippen LogP contribution < -0.4 is 0 Å². The fourth-order valence-electron chi connectivity index (χ4n) is 6.38. The van der Waals surface area contributed by atoms with Crippen molar-refractivity contribution in [2.75, 3.05) is 6.61 Å². The molecule has 228 valence electrons. The second-order valence-electron chi connectivity index (χ2n) is 14.2. The van der Waals surface area contributed by atoms with Gasteiger partial charge < -0.3 is 0 Å². The Morgan fingerprint density at radius 3 is 1.11 bits per heavy atom. The van der Waals surface area contributed by atoms with Gasteiger partial charge in [-0.05, 0) is 0 Å². The van der Waals surface area contributed by atoms with Crippen molar-refractivity contribution in [3.8, 4) is 0 Å². The van der Waals surface area contributed by atoms with Gasteiger partial charge in [-0.25, -0.2) is 0 Å². The SMILES string of the molecule is CCC[CH2][Sn]([CH2]CCC)([CH2]CCC)[C](=CCCO[Si](C)(C)C(C)(C)C)[Sn]([CH2]CCC)([CH2]CCC)[CH2]CCC. The van der Waals surface area contributed by atoms with Crippen LogP contribution in [-0.2, 0) is 4.43 Å². The van der Waals surface area contributed by atoms with Crippen molar-refractivity contribution >= 4 is 45.1 Å². The van der Waals surface area contributed by atoms with Gasteiger partial charge in [-0.3, -0.25) is 0 Å². The molecule has 0 aromatic rings. The predicted molar refractivity (Wildman–Crippen MR) is 186 cm³/mol. The van der Waals surface area contributed by atoms with Gasteiger partial charge in [0.15, 0.2) is 0 Å². The summed E-state index contributed by atoms with van der Waals surface area (Å²) in [5, 5.41) is 0.304. The summed E-state index contributed by atoms with van der Waals surface area (Å²) < 4.78 is 19.1. The molecule has 0 aliphatic heterocycles. The summed E-state index contributed by atoms with van der Waals surface area (Å²) in [7, 11) is -1.69. The third kappa shape index (κ3) is 13.7. The van der Waals surface area contributed by atoms with Gasteiger partial charge in [-0.1, -0.05) is 0 Å². The molecule has 0 spiro atoms. The van der Waals surface area contributed by atoms with Gasteiger partial charge in [-0.15, -0.1) is 0 Å². The Labute approximate surface area is 252 Å². The third-order valence-electron chi connectivity index (χ3n) is 9.93. The van der Waals surface area contributed by atoms with Gasteiger partial charge in [0, 0.05) is 0 Å². The molecular formula is C34H74OSiSn2. The molecule has 0 amide bonds. The van der Waals surface area contributed by atoms with Crippen molar-refractivity contribution in [3.05, 3.63) is 7.68 Å². The molecule has 1 nitrogen and oxygen atoms in total. The fourth-order valence-corrected chi connectivity index (χ4v) is 76.4. The molecule has 0 N–H and O–H groups in total. The minimum atomic E-state index is -2.51. The first-order valence-electron chi connectivity index (χ1n) is 17.3. The van der Waals surface area contributed by atoms with Gasteiger partial charge in [0.1, 0.15) is 0 Å². The first-order valence-corrected chi connectivity index (χ1v) is 35.2. The van der Waals surface area contributed by atoms with Crippen LogP contribution in [0.1, 0.15) is 146 Å². The summed E-state index contributed by atoms with van der Waals surface area (Å²) in [6.45, 7) is 27.7. The van der Waals surface area contributed by atoms with Crippen molar-refractivity contribution in [1.29, 1.82) is 0 Å². The van der Waals surface area contributed by atoms with Crippen molar-refractivity contribution in [1.82, 2.24) is 0 Å². The van der Waals surface area contributed by atoms with E-state index in [0.717, 1.165) is 6.61 Å². The summed E-state index contributed by atoms with van der Waals surface area (Å²) in [4.78, 5) is 0. The van der Waals surface area contributed by atoms with Crippen molar-refractivity contribution in [2.45, 2.75) is 191 Å². The van der Waals surface area contributed by atoms with Crippen molar-refractivity contribution < 1.29 is 4.43 Å². The van der Waals surface area contributed by atoms with Crippen LogP contribution in [0.25, 0.3) is 0 Å². The average Bonchev–Trinajstić information content (AvgIpc) is 2.88. The third-order valence-corrected chi connectivity index (χ3v) is 64.9. The quantitative estimate of drug-likeness (QED) is 0.0703. The maximum absolute atomic E-state index is 6.80. The zero-order valence-electron chi connectivity index (χ0n) is 28.6. The second-order valence-corrected chi connectivity index (χ2v) is 49.3. The van der Waals surface area contributed by atoms with E-state index < -0.39 is 45.1 Å². The van der Waals surface area contributed by atoms with E-state index in [2.05, 4.69) is 83.1 Å². The van der Waals surface area contributed by atoms with E-state index in [1.165, 1.54) is 83.5 Å². The molecule has 0 aromatic carbocycles. The second kappa shape index (κ2) is 21.2. The van der Waals surface area contributed by atoms with Crippen molar-refractivity contribution in [3.63, 3.8) is 0 Å². The summed E-state index contributed by atoms with van der Waals surface area (Å²) in [5.74, 6) is 0. The topological polar surface area (TPSA) is 9.23 Å². The van der Waals surface area contributed by atoms with E-state index >= 15 is 0 Å². The summed E-state index contributed by atoms with van der Waals surface area (Å²) in [5.41, 5.74) is 0. The van der Waals surface area contributed by atoms with Gasteiger partial charge in [0.25, 0.3) is 0 Å². The van der Waals surface area contributed by atoms with E-state index in [0.29, 0.717) is 5.04 Å². The minimum absolute atomic E-state index is 0.304. The van der Waals surface area contributed by atoms with Gasteiger partial charge >= 0.3 is 254 Å². The summed E-state index contributed by atoms with van der Waals surface area (Å²) in [6, 6.07) is 0. The Morgan fingerprint density at radius 1 is 0.579 bits per heavy atom. The molecule has 0 heterocycles. The molecule has 0 aliphatic carbocycles. The van der Waals surface area contributed by atoms with E-state index in [-0.39, 0.29) is 0 Å². The molecule has 0 saturated carbocycles. The van der Waals surface area contributed by atoms with Crippen LogP contribution in [-0.4, -0.2) is 51.7 Å². The van der Waals surface area contributed by atoms with Crippen LogP contribution in [0.4, 0.5) is 0 Å². The monoisotopic (exact) mass is 766 g/mol. The van der Waals surface area contributed by atoms with Gasteiger partial charge in [-0.2, -0.15) is 0 Å². The molecule has 0 atom stereocenters. The summed E-state index contributed by atoms with van der Waals surface area (Å²) >= 11 is -5.01. The Hall–Kier alpha value is 1.51. The molecule has 0 radical (unpaired) electrons. The van der Waals surface area contributed by atoms with Crippen LogP contribution in [0.3, 0.4) is 0 Å². The average molecular weight is 764 g/mol. The zero-order chi connectivity index (χ0) is 29.1. The van der Waals surface area contributed by atoms with Crippen LogP contribution in [0, 0.1) is 0 Å². The predicted octanol–water partition coefficient (Wildman–Crippen LogP) is 13.1. The molecule has 0 fully saturated rings. The van der Waals surface area contributed by atoms with Crippen LogP contribution in [0.2, 0.25) is 44.8 Å². The van der Waals surface area contributed by atoms with E-state index in [1.54, 1.807) is 26.6 Å². The zero-order valence-corrected chi connectivity index (χ0v) is 35.3. The molecular weight excluding hydrogens is 690 g/mol. The Morgan fingerprint density at radius 2 is 0.868 bits per heavy atom. The molecule has 0 unspecified atom stereocenters. The number of rotatable bonds is 24. The van der Waals surface area contributed by atoms with E-state index in [1.807, 2.05) is 0 Å². The molecule has 0 bridgehead atoms. The van der Waals surface area contributed by atoms with Crippen LogP contribution in [0.15, 0.2) is 7.68 Å². The van der Waals surface area contributed by atoms with Gasteiger partial charge in [0.2, 0.25) is 0 Å². The maximum atomic E-state index is 6.80. The number of unbranched alkanes of at least 4 members (excludes halogenated alkanes) is 6. The Bertz CT molecular complexity index is 531. The Balaban J connectivity index is 6.86. The van der Waals surface area contributed by atoms with Crippen molar-refractivity contribution in [2.24, 2.45) is 0 Å². The van der Waals surface area contributed by atoms with E-state index in [9.17, 15) is 0 Å². The molecule has 4 heteroatoms. The van der Waals surface area contributed by atoms with E-state index in [4.69, 9.17) is 4.43 Å². The van der Waals surface area contributed by atoms with Crippen LogP contribution in [0.5, 0.6) is 0 Å². The van der Waals surface area contributed by atoms with Gasteiger partial charge in [0.05, 0.1) is 0 Å². The normalized spacial score (nSPS) is 13.2. The fraction of sp³-hybridized carbons (Fsp3) is 0.941. The molecule has 38 heavy (non-hydrogen) atoms. The molecule has 0 rings (SSSR count). The number of hydrogen-bond acceptors (Lipinski definition) is 1. The molecule has 0 aliphatic rings. The first kappa shape index (κ1) is 39.5. The first-order chi connectivity index (χ1) is 18.0. The molecule has 0 aromatic heterocycles. The van der Waals surface area contributed by atoms with Crippen LogP contribution >= 0.6 is 0 Å².